The summed E-state index contributed by atoms with van der Waals surface area (Å²) in [6.45, 7) is 0.506. The number of phenolic OH excluding ortho intramolecular Hbond substituents is 1. The fourth-order valence-corrected chi connectivity index (χ4v) is 2.63. The van der Waals surface area contributed by atoms with E-state index in [-0.39, 0.29) is 17.5 Å². The molecule has 0 spiro atoms. The predicted octanol–water partition coefficient (Wildman–Crippen LogP) is 2.94. The minimum atomic E-state index is -0.312. The number of pyridine rings is 1. The Hall–Kier alpha value is -1.88. The van der Waals surface area contributed by atoms with Crippen molar-refractivity contribution < 1.29 is 9.90 Å². The number of para-hydroxylation sites is 1. The summed E-state index contributed by atoms with van der Waals surface area (Å²) in [6.07, 6.45) is 1.69. The highest BCUT2D eigenvalue weighted by molar-refractivity contribution is 9.10. The largest absolute Gasteiger partial charge is 0.507 e. The summed E-state index contributed by atoms with van der Waals surface area (Å²) in [4.78, 5) is 16.7. The fourth-order valence-electron chi connectivity index (χ4n) is 2.28. The smallest absolute Gasteiger partial charge is 0.175 e. The number of nitrogens with one attached hydrogen (secondary N) is 1. The first-order chi connectivity index (χ1) is 9.16. The molecule has 0 bridgehead atoms. The van der Waals surface area contributed by atoms with Crippen LogP contribution in [0.1, 0.15) is 21.8 Å². The Morgan fingerprint density at radius 3 is 3.00 bits per heavy atom. The third-order valence-electron chi connectivity index (χ3n) is 3.22. The first kappa shape index (κ1) is 12.2. The van der Waals surface area contributed by atoms with Crippen molar-refractivity contribution >= 4 is 27.5 Å². The van der Waals surface area contributed by atoms with E-state index in [0.29, 0.717) is 12.1 Å². The number of rotatable bonds is 2. The number of fused-ring (bicyclic) bond motifs is 1. The van der Waals surface area contributed by atoms with E-state index in [4.69, 9.17) is 0 Å². The molecule has 5 heteroatoms. The van der Waals surface area contributed by atoms with Crippen LogP contribution in [0, 0.1) is 0 Å². The summed E-state index contributed by atoms with van der Waals surface area (Å²) >= 11 is 3.36. The van der Waals surface area contributed by atoms with Crippen LogP contribution in [0.2, 0.25) is 0 Å². The average Bonchev–Trinajstić information content (AvgIpc) is 2.81. The van der Waals surface area contributed by atoms with Crippen molar-refractivity contribution in [1.29, 1.82) is 0 Å². The lowest BCUT2D eigenvalue weighted by Crippen LogP contribution is -2.15. The Kier molecular flexibility index (Phi) is 2.98. The van der Waals surface area contributed by atoms with Crippen molar-refractivity contribution in [3.63, 3.8) is 0 Å². The highest BCUT2D eigenvalue weighted by Crippen LogP contribution is 2.35. The topological polar surface area (TPSA) is 62.2 Å². The van der Waals surface area contributed by atoms with Crippen LogP contribution in [-0.2, 0) is 0 Å². The van der Waals surface area contributed by atoms with Crippen LogP contribution in [-0.4, -0.2) is 22.4 Å². The summed E-state index contributed by atoms with van der Waals surface area (Å²) in [5.41, 5.74) is 1.21. The molecule has 0 amide bonds. The minimum absolute atomic E-state index is 0.0175. The van der Waals surface area contributed by atoms with Crippen LogP contribution < -0.4 is 5.32 Å². The molecule has 1 aliphatic rings. The lowest BCUT2D eigenvalue weighted by molar-refractivity contribution is 0.0964. The third kappa shape index (κ3) is 2.10. The van der Waals surface area contributed by atoms with Crippen molar-refractivity contribution in [1.82, 2.24) is 4.98 Å². The van der Waals surface area contributed by atoms with E-state index in [2.05, 4.69) is 26.2 Å². The van der Waals surface area contributed by atoms with Crippen molar-refractivity contribution in [3.05, 3.63) is 52.1 Å². The number of carbonyl (C=O) groups is 1. The molecule has 0 radical (unpaired) electrons. The number of Topliss-reactive ketones (excluding diaryl/α,β-unsaturated/α-hetero) is 1. The maximum atomic E-state index is 12.5. The molecule has 2 heterocycles. The number of phenols is 1. The lowest BCUT2D eigenvalue weighted by Gasteiger charge is -2.10. The monoisotopic (exact) mass is 318 g/mol. The molecule has 1 aromatic carbocycles. The van der Waals surface area contributed by atoms with E-state index in [1.807, 2.05) is 6.07 Å². The fraction of sp³-hybridized carbons (Fsp3) is 0.143. The van der Waals surface area contributed by atoms with Crippen LogP contribution >= 0.6 is 15.9 Å². The first-order valence-electron chi connectivity index (χ1n) is 5.88. The zero-order valence-corrected chi connectivity index (χ0v) is 11.5. The van der Waals surface area contributed by atoms with E-state index in [0.717, 1.165) is 15.9 Å². The zero-order chi connectivity index (χ0) is 13.4. The van der Waals surface area contributed by atoms with Gasteiger partial charge in [-0.3, -0.25) is 4.79 Å². The van der Waals surface area contributed by atoms with Gasteiger partial charge in [0.25, 0.3) is 0 Å². The molecule has 1 atom stereocenters. The van der Waals surface area contributed by atoms with E-state index in [1.165, 1.54) is 6.07 Å². The Labute approximate surface area is 118 Å². The Morgan fingerprint density at radius 2 is 2.21 bits per heavy atom. The molecule has 1 unspecified atom stereocenters. The maximum absolute atomic E-state index is 12.5. The van der Waals surface area contributed by atoms with Gasteiger partial charge in [-0.25, -0.2) is 4.98 Å². The molecular weight excluding hydrogens is 308 g/mol. The summed E-state index contributed by atoms with van der Waals surface area (Å²) in [5, 5.41) is 12.9. The average molecular weight is 319 g/mol. The summed E-state index contributed by atoms with van der Waals surface area (Å²) in [7, 11) is 0. The second-order valence-corrected chi connectivity index (χ2v) is 5.32. The number of hydrogen-bond donors (Lipinski definition) is 2. The standard InChI is InChI=1S/C14H11BrN2O2/c15-8-5-10-11(7-17-14(10)16-6-8)13(19)9-3-1-2-4-12(9)18/h1-6,11,18H,7H2,(H,16,17). The molecule has 2 N–H and O–H groups in total. The van der Waals surface area contributed by atoms with Gasteiger partial charge in [0.15, 0.2) is 5.78 Å². The number of hydrogen-bond acceptors (Lipinski definition) is 4. The highest BCUT2D eigenvalue weighted by Gasteiger charge is 2.31. The van der Waals surface area contributed by atoms with Gasteiger partial charge in [0.2, 0.25) is 0 Å². The van der Waals surface area contributed by atoms with Crippen LogP contribution in [0.25, 0.3) is 0 Å². The van der Waals surface area contributed by atoms with Gasteiger partial charge in [-0.1, -0.05) is 12.1 Å². The number of anilines is 1. The van der Waals surface area contributed by atoms with Crippen LogP contribution in [0.3, 0.4) is 0 Å². The number of aromatic hydroxyl groups is 1. The van der Waals surface area contributed by atoms with Gasteiger partial charge in [0, 0.05) is 22.8 Å². The van der Waals surface area contributed by atoms with Gasteiger partial charge in [-0.2, -0.15) is 0 Å². The van der Waals surface area contributed by atoms with Crippen molar-refractivity contribution in [3.8, 4) is 5.75 Å². The van der Waals surface area contributed by atoms with E-state index in [1.54, 1.807) is 24.4 Å². The molecule has 0 aliphatic carbocycles. The maximum Gasteiger partial charge on any atom is 0.175 e. The van der Waals surface area contributed by atoms with Gasteiger partial charge in [-0.15, -0.1) is 0 Å². The molecule has 1 aromatic heterocycles. The number of aromatic nitrogens is 1. The molecule has 19 heavy (non-hydrogen) atoms. The SMILES string of the molecule is O=C(c1ccccc1O)C1CNc2ncc(Br)cc21. The first-order valence-corrected chi connectivity index (χ1v) is 6.67. The number of halogens is 1. The van der Waals surface area contributed by atoms with E-state index in [9.17, 15) is 9.90 Å². The lowest BCUT2D eigenvalue weighted by atomic mass is 9.93. The van der Waals surface area contributed by atoms with Crippen LogP contribution in [0.15, 0.2) is 41.0 Å². The van der Waals surface area contributed by atoms with E-state index >= 15 is 0 Å². The molecule has 1 aliphatic heterocycles. The Bertz CT molecular complexity index is 658. The Morgan fingerprint density at radius 1 is 1.42 bits per heavy atom. The molecule has 96 valence electrons. The second-order valence-electron chi connectivity index (χ2n) is 4.41. The number of nitrogens with zero attached hydrogens (tertiary/aromatic N) is 1. The van der Waals surface area contributed by atoms with Gasteiger partial charge < -0.3 is 10.4 Å². The van der Waals surface area contributed by atoms with E-state index < -0.39 is 0 Å². The predicted molar refractivity (Wildman–Crippen MR) is 75.6 cm³/mol. The summed E-state index contributed by atoms with van der Waals surface area (Å²) < 4.78 is 0.838. The quantitative estimate of drug-likeness (QED) is 0.836. The Balaban J connectivity index is 2.00. The number of carbonyl (C=O) groups excluding carboxylic acids is 1. The van der Waals surface area contributed by atoms with Gasteiger partial charge in [0.1, 0.15) is 11.6 Å². The molecule has 0 saturated heterocycles. The van der Waals surface area contributed by atoms with Crippen molar-refractivity contribution in [2.75, 3.05) is 11.9 Å². The third-order valence-corrected chi connectivity index (χ3v) is 3.65. The van der Waals surface area contributed by atoms with Gasteiger partial charge in [-0.05, 0) is 34.1 Å². The molecule has 0 fully saturated rings. The van der Waals surface area contributed by atoms with Gasteiger partial charge >= 0.3 is 0 Å². The molecule has 0 saturated carbocycles. The molecular formula is C14H11BrN2O2. The normalized spacial score (nSPS) is 16.8. The summed E-state index contributed by atoms with van der Waals surface area (Å²) in [6, 6.07) is 8.50. The number of ketones is 1. The molecule has 3 rings (SSSR count). The van der Waals surface area contributed by atoms with Crippen LogP contribution in [0.4, 0.5) is 5.82 Å². The minimum Gasteiger partial charge on any atom is -0.507 e. The molecule has 2 aromatic rings. The summed E-state index contributed by atoms with van der Waals surface area (Å²) in [5.74, 6) is 0.346. The zero-order valence-electron chi connectivity index (χ0n) is 9.93. The number of benzene rings is 1. The highest BCUT2D eigenvalue weighted by atomic mass is 79.9. The van der Waals surface area contributed by atoms with Crippen molar-refractivity contribution in [2.45, 2.75) is 5.92 Å². The molecule has 4 nitrogen and oxygen atoms in total. The second kappa shape index (κ2) is 4.66. The van der Waals surface area contributed by atoms with Gasteiger partial charge in [0.05, 0.1) is 11.5 Å². The van der Waals surface area contributed by atoms with Crippen LogP contribution in [0.5, 0.6) is 5.75 Å². The van der Waals surface area contributed by atoms with Crippen molar-refractivity contribution in [2.24, 2.45) is 0 Å².